The standard InChI is InChI=1S/C16H28N2O2/c1-16(2)13(12-4-3-9-20-14(12)16)18-11-7-5-10(6-8-11)15(17)19/h10-14,18H,3-9H2,1-2H3,(H2,17,19). The van der Waals surface area contributed by atoms with Crippen LogP contribution < -0.4 is 11.1 Å². The van der Waals surface area contributed by atoms with Crippen molar-refractivity contribution in [2.45, 2.75) is 70.6 Å². The Hall–Kier alpha value is -0.610. The minimum atomic E-state index is -0.117. The van der Waals surface area contributed by atoms with Crippen LogP contribution in [0, 0.1) is 17.3 Å². The van der Waals surface area contributed by atoms with Crippen LogP contribution in [0.2, 0.25) is 0 Å². The van der Waals surface area contributed by atoms with Gasteiger partial charge < -0.3 is 15.8 Å². The number of hydrogen-bond donors (Lipinski definition) is 2. The summed E-state index contributed by atoms with van der Waals surface area (Å²) in [4.78, 5) is 11.2. The maximum Gasteiger partial charge on any atom is 0.220 e. The zero-order valence-electron chi connectivity index (χ0n) is 12.7. The minimum Gasteiger partial charge on any atom is -0.377 e. The van der Waals surface area contributed by atoms with Crippen molar-refractivity contribution in [2.24, 2.45) is 23.0 Å². The normalized spacial score (nSPS) is 43.4. The summed E-state index contributed by atoms with van der Waals surface area (Å²) >= 11 is 0. The lowest BCUT2D eigenvalue weighted by Crippen LogP contribution is -2.70. The molecule has 0 aromatic rings. The van der Waals surface area contributed by atoms with Gasteiger partial charge in [-0.15, -0.1) is 0 Å². The fraction of sp³-hybridized carbons (Fsp3) is 0.938. The fourth-order valence-corrected chi connectivity index (χ4v) is 4.66. The molecule has 1 saturated heterocycles. The molecule has 3 unspecified atom stereocenters. The number of nitrogens with two attached hydrogens (primary N) is 1. The van der Waals surface area contributed by atoms with Crippen LogP contribution in [0.15, 0.2) is 0 Å². The third-order valence-corrected chi connectivity index (χ3v) is 5.88. The Morgan fingerprint density at radius 2 is 1.90 bits per heavy atom. The number of hydrogen-bond acceptors (Lipinski definition) is 3. The van der Waals surface area contributed by atoms with Gasteiger partial charge in [-0.1, -0.05) is 13.8 Å². The van der Waals surface area contributed by atoms with Gasteiger partial charge in [-0.25, -0.2) is 0 Å². The molecule has 1 amide bonds. The second-order valence-corrected chi connectivity index (χ2v) is 7.51. The second-order valence-electron chi connectivity index (χ2n) is 7.51. The SMILES string of the molecule is CC1(C)C(NC2CCC(C(N)=O)CC2)C2CCCOC21. The highest BCUT2D eigenvalue weighted by molar-refractivity contribution is 5.76. The third kappa shape index (κ3) is 2.37. The van der Waals surface area contributed by atoms with Crippen LogP contribution in [-0.4, -0.2) is 30.7 Å². The number of amides is 1. The summed E-state index contributed by atoms with van der Waals surface area (Å²) in [5, 5.41) is 3.87. The van der Waals surface area contributed by atoms with Crippen LogP contribution in [0.25, 0.3) is 0 Å². The van der Waals surface area contributed by atoms with Gasteiger partial charge in [0, 0.05) is 35.9 Å². The van der Waals surface area contributed by atoms with E-state index in [9.17, 15) is 4.79 Å². The van der Waals surface area contributed by atoms with E-state index in [1.165, 1.54) is 12.8 Å². The quantitative estimate of drug-likeness (QED) is 0.829. The van der Waals surface area contributed by atoms with Gasteiger partial charge in [-0.2, -0.15) is 0 Å². The predicted octanol–water partition coefficient (Wildman–Crippen LogP) is 1.82. The number of ether oxygens (including phenoxy) is 1. The van der Waals surface area contributed by atoms with Gasteiger partial charge in [0.2, 0.25) is 5.91 Å². The summed E-state index contributed by atoms with van der Waals surface area (Å²) in [5.74, 6) is 0.675. The smallest absolute Gasteiger partial charge is 0.220 e. The Labute approximate surface area is 121 Å². The Balaban J connectivity index is 1.55. The molecule has 3 rings (SSSR count). The first-order chi connectivity index (χ1) is 9.50. The number of fused-ring (bicyclic) bond motifs is 1. The van der Waals surface area contributed by atoms with Crippen LogP contribution in [0.4, 0.5) is 0 Å². The molecule has 3 aliphatic rings. The summed E-state index contributed by atoms with van der Waals surface area (Å²) in [6.07, 6.45) is 6.99. The van der Waals surface area contributed by atoms with E-state index in [0.29, 0.717) is 24.1 Å². The Kier molecular flexibility index (Phi) is 3.80. The summed E-state index contributed by atoms with van der Waals surface area (Å²) < 4.78 is 5.96. The van der Waals surface area contributed by atoms with Gasteiger partial charge in [0.05, 0.1) is 6.10 Å². The molecule has 4 heteroatoms. The molecule has 0 aromatic heterocycles. The molecule has 0 radical (unpaired) electrons. The average molecular weight is 280 g/mol. The lowest BCUT2D eigenvalue weighted by Gasteiger charge is -2.61. The zero-order valence-corrected chi connectivity index (χ0v) is 12.7. The van der Waals surface area contributed by atoms with Crippen molar-refractivity contribution < 1.29 is 9.53 Å². The molecule has 2 aliphatic carbocycles. The van der Waals surface area contributed by atoms with E-state index >= 15 is 0 Å². The molecule has 3 N–H and O–H groups in total. The number of nitrogens with one attached hydrogen (secondary N) is 1. The highest BCUT2D eigenvalue weighted by Gasteiger charge is 2.58. The molecule has 20 heavy (non-hydrogen) atoms. The van der Waals surface area contributed by atoms with Crippen LogP contribution in [0.3, 0.4) is 0 Å². The van der Waals surface area contributed by atoms with Crippen molar-refractivity contribution in [1.82, 2.24) is 5.32 Å². The molecular formula is C16H28N2O2. The predicted molar refractivity (Wildman–Crippen MR) is 78.1 cm³/mol. The van der Waals surface area contributed by atoms with Gasteiger partial charge >= 0.3 is 0 Å². The largest absolute Gasteiger partial charge is 0.377 e. The lowest BCUT2D eigenvalue weighted by molar-refractivity contribution is -0.195. The van der Waals surface area contributed by atoms with E-state index in [2.05, 4.69) is 19.2 Å². The van der Waals surface area contributed by atoms with E-state index in [0.717, 1.165) is 32.3 Å². The molecule has 0 spiro atoms. The van der Waals surface area contributed by atoms with Gasteiger partial charge in [-0.05, 0) is 38.5 Å². The maximum atomic E-state index is 11.2. The van der Waals surface area contributed by atoms with Crippen molar-refractivity contribution >= 4 is 5.91 Å². The van der Waals surface area contributed by atoms with Crippen molar-refractivity contribution in [3.8, 4) is 0 Å². The topological polar surface area (TPSA) is 64.3 Å². The summed E-state index contributed by atoms with van der Waals surface area (Å²) in [6, 6.07) is 1.13. The first kappa shape index (κ1) is 14.3. The van der Waals surface area contributed by atoms with Crippen LogP contribution >= 0.6 is 0 Å². The van der Waals surface area contributed by atoms with E-state index < -0.39 is 0 Å². The van der Waals surface area contributed by atoms with Crippen molar-refractivity contribution in [1.29, 1.82) is 0 Å². The fourth-order valence-electron chi connectivity index (χ4n) is 4.66. The van der Waals surface area contributed by atoms with Gasteiger partial charge in [-0.3, -0.25) is 4.79 Å². The van der Waals surface area contributed by atoms with Crippen molar-refractivity contribution in [2.75, 3.05) is 6.61 Å². The minimum absolute atomic E-state index is 0.105. The van der Waals surface area contributed by atoms with Crippen molar-refractivity contribution in [3.63, 3.8) is 0 Å². The molecular weight excluding hydrogens is 252 g/mol. The highest BCUT2D eigenvalue weighted by Crippen LogP contribution is 2.51. The number of carbonyl (C=O) groups is 1. The summed E-state index contributed by atoms with van der Waals surface area (Å²) in [5.41, 5.74) is 5.65. The Morgan fingerprint density at radius 1 is 1.20 bits per heavy atom. The number of carbonyl (C=O) groups excluding carboxylic acids is 1. The first-order valence-corrected chi connectivity index (χ1v) is 8.17. The Bertz CT molecular complexity index is 375. The van der Waals surface area contributed by atoms with Crippen molar-refractivity contribution in [3.05, 3.63) is 0 Å². The molecule has 0 bridgehead atoms. The lowest BCUT2D eigenvalue weighted by atomic mass is 9.55. The van der Waals surface area contributed by atoms with Crippen LogP contribution in [0.5, 0.6) is 0 Å². The molecule has 3 fully saturated rings. The molecule has 0 aromatic carbocycles. The average Bonchev–Trinajstić information content (AvgIpc) is 2.45. The third-order valence-electron chi connectivity index (χ3n) is 5.88. The van der Waals surface area contributed by atoms with E-state index in [1.54, 1.807) is 0 Å². The molecule has 3 atom stereocenters. The van der Waals surface area contributed by atoms with Crippen LogP contribution in [-0.2, 0) is 9.53 Å². The van der Waals surface area contributed by atoms with Gasteiger partial charge in [0.1, 0.15) is 0 Å². The zero-order chi connectivity index (χ0) is 14.3. The maximum absolute atomic E-state index is 11.2. The summed E-state index contributed by atoms with van der Waals surface area (Å²) in [6.45, 7) is 5.58. The van der Waals surface area contributed by atoms with Gasteiger partial charge in [0.15, 0.2) is 0 Å². The second kappa shape index (κ2) is 5.30. The molecule has 2 saturated carbocycles. The molecule has 4 nitrogen and oxygen atoms in total. The first-order valence-electron chi connectivity index (χ1n) is 8.17. The van der Waals surface area contributed by atoms with E-state index in [-0.39, 0.29) is 17.2 Å². The molecule has 114 valence electrons. The number of primary amides is 1. The monoisotopic (exact) mass is 280 g/mol. The molecule has 1 aliphatic heterocycles. The Morgan fingerprint density at radius 3 is 2.55 bits per heavy atom. The van der Waals surface area contributed by atoms with E-state index in [4.69, 9.17) is 10.5 Å². The molecule has 1 heterocycles. The summed E-state index contributed by atoms with van der Waals surface area (Å²) in [7, 11) is 0. The van der Waals surface area contributed by atoms with Crippen LogP contribution in [0.1, 0.15) is 52.4 Å². The number of rotatable bonds is 3. The van der Waals surface area contributed by atoms with E-state index in [1.807, 2.05) is 0 Å². The van der Waals surface area contributed by atoms with Gasteiger partial charge in [0.25, 0.3) is 0 Å². The highest BCUT2D eigenvalue weighted by atomic mass is 16.5.